The van der Waals surface area contributed by atoms with Crippen molar-refractivity contribution in [3.05, 3.63) is 91.0 Å². The van der Waals surface area contributed by atoms with E-state index >= 15 is 0 Å². The van der Waals surface area contributed by atoms with Crippen LogP contribution in [-0.2, 0) is 20.0 Å². The maximum atomic E-state index is 13.3. The minimum absolute atomic E-state index is 0. The molecule has 5 nitrogen and oxygen atoms in total. The molecule has 0 saturated heterocycles. The monoisotopic (exact) mass is 712 g/mol. The van der Waals surface area contributed by atoms with E-state index in [0.29, 0.717) is 22.3 Å². The third-order valence-corrected chi connectivity index (χ3v) is 8.04. The Morgan fingerprint density at radius 1 is 0.636 bits per heavy atom. The Bertz CT molecular complexity index is 1550. The van der Waals surface area contributed by atoms with Gasteiger partial charge in [0.1, 0.15) is 10.1 Å². The molecule has 0 aromatic heterocycles. The topological polar surface area (TPSA) is 91.3 Å². The van der Waals surface area contributed by atoms with E-state index in [1.807, 2.05) is 24.3 Å². The molecule has 0 bridgehead atoms. The van der Waals surface area contributed by atoms with E-state index in [9.17, 15) is 21.4 Å². The first-order valence-electron chi connectivity index (χ1n) is 9.31. The first-order valence-corrected chi connectivity index (χ1v) is 12.2. The zero-order valence-electron chi connectivity index (χ0n) is 17.9. The maximum Gasteiger partial charge on any atom is 1.00 e. The fourth-order valence-electron chi connectivity index (χ4n) is 3.81. The molecular formula is C24H14Cs2O5S2. The van der Waals surface area contributed by atoms with Gasteiger partial charge >= 0.3 is 138 Å². The van der Waals surface area contributed by atoms with Crippen LogP contribution in [0.5, 0.6) is 0 Å². The quantitative estimate of drug-likeness (QED) is 0.169. The molecule has 0 radical (unpaired) electrons. The molecule has 1 heterocycles. The summed E-state index contributed by atoms with van der Waals surface area (Å²) in [6.07, 6.45) is 0. The molecule has 9 heteroatoms. The summed E-state index contributed by atoms with van der Waals surface area (Å²) in [5.41, 5.74) is 4.22. The second-order valence-electron chi connectivity index (χ2n) is 7.19. The van der Waals surface area contributed by atoms with Gasteiger partial charge in [-0.05, 0) is 41.0 Å². The fraction of sp³-hybridized carbons (Fsp3) is 0. The second kappa shape index (κ2) is 11.1. The Hall–Kier alpha value is 0.844. The van der Waals surface area contributed by atoms with Crippen LogP contribution in [0, 0.1) is 6.07 Å². The van der Waals surface area contributed by atoms with Gasteiger partial charge in [0, 0.05) is 11.1 Å². The first-order chi connectivity index (χ1) is 14.7. The molecule has 4 aromatic carbocycles. The molecule has 1 aliphatic heterocycles. The minimum Gasteiger partial charge on any atom is -0.744 e. The van der Waals surface area contributed by atoms with Crippen molar-refractivity contribution in [2.24, 2.45) is 0 Å². The summed E-state index contributed by atoms with van der Waals surface area (Å²) in [4.78, 5) is 0.139. The van der Waals surface area contributed by atoms with Gasteiger partial charge in [0.05, 0.1) is 14.7 Å². The van der Waals surface area contributed by atoms with Gasteiger partial charge in [-0.15, -0.1) is 5.56 Å². The Morgan fingerprint density at radius 3 is 1.52 bits per heavy atom. The van der Waals surface area contributed by atoms with Crippen molar-refractivity contribution in [3.63, 3.8) is 0 Å². The van der Waals surface area contributed by atoms with Crippen molar-refractivity contribution in [1.29, 1.82) is 0 Å². The Kier molecular flexibility index (Phi) is 9.53. The van der Waals surface area contributed by atoms with Crippen molar-refractivity contribution in [2.75, 3.05) is 0 Å². The molecule has 0 spiro atoms. The summed E-state index contributed by atoms with van der Waals surface area (Å²) in [5.74, 6) is 0. The van der Waals surface area contributed by atoms with E-state index in [1.165, 1.54) is 24.3 Å². The molecule has 0 unspecified atom stereocenters. The summed E-state index contributed by atoms with van der Waals surface area (Å²) in [7, 11) is -8.25. The van der Waals surface area contributed by atoms with Crippen LogP contribution in [0.4, 0.5) is 0 Å². The van der Waals surface area contributed by atoms with Crippen molar-refractivity contribution in [3.8, 4) is 33.4 Å². The van der Waals surface area contributed by atoms with E-state index in [0.717, 1.165) is 11.1 Å². The van der Waals surface area contributed by atoms with Gasteiger partial charge in [-0.1, -0.05) is 36.4 Å². The normalized spacial score (nSPS) is 13.2. The predicted molar refractivity (Wildman–Crippen MR) is 115 cm³/mol. The average Bonchev–Trinajstić information content (AvgIpc) is 3.00. The Labute approximate surface area is 310 Å². The number of benzene rings is 4. The van der Waals surface area contributed by atoms with Crippen LogP contribution in [0.1, 0.15) is 0 Å². The molecule has 0 N–H and O–H groups in total. The van der Waals surface area contributed by atoms with Crippen LogP contribution in [0.2, 0.25) is 0 Å². The Morgan fingerprint density at radius 2 is 1.06 bits per heavy atom. The van der Waals surface area contributed by atoms with Crippen LogP contribution in [0.15, 0.2) is 99.6 Å². The van der Waals surface area contributed by atoms with E-state index < -0.39 is 20.0 Å². The number of sulfone groups is 1. The van der Waals surface area contributed by atoms with Crippen LogP contribution in [0.3, 0.4) is 0 Å². The Balaban J connectivity index is 0.00000153. The largest absolute Gasteiger partial charge is 1.00 e. The molecular weight excluding hydrogens is 698 g/mol. The molecule has 4 aromatic rings. The number of fused-ring (bicyclic) bond motifs is 3. The van der Waals surface area contributed by atoms with Gasteiger partial charge in [0.15, 0.2) is 0 Å². The van der Waals surface area contributed by atoms with Crippen LogP contribution >= 0.6 is 0 Å². The summed E-state index contributed by atoms with van der Waals surface area (Å²) >= 11 is 0. The zero-order valence-corrected chi connectivity index (χ0v) is 32.1. The van der Waals surface area contributed by atoms with Crippen molar-refractivity contribution in [2.45, 2.75) is 14.7 Å². The summed E-state index contributed by atoms with van der Waals surface area (Å²) < 4.78 is 60.0. The number of rotatable bonds is 3. The predicted octanol–water partition coefficient (Wildman–Crippen LogP) is -1.45. The van der Waals surface area contributed by atoms with Crippen LogP contribution in [0.25, 0.3) is 33.4 Å². The van der Waals surface area contributed by atoms with Gasteiger partial charge in [0.2, 0.25) is 9.84 Å². The molecule has 33 heavy (non-hydrogen) atoms. The van der Waals surface area contributed by atoms with E-state index in [1.54, 1.807) is 36.4 Å². The van der Waals surface area contributed by atoms with Crippen LogP contribution in [-0.4, -0.2) is 21.4 Å². The standard InChI is InChI=1S/C24H15O5S2.2Cs/c25-30(26)23-14-18(16-4-2-1-3-5-16)8-12-21(23)22-13-9-19(15-24(22)30)17-6-10-20(11-7-17)31(27,28)29;;/h2-15H,(H,27,28,29);;/q-1;2*+1/p-1. The fourth-order valence-corrected chi connectivity index (χ4v) is 6.01. The average molecular weight is 712 g/mol. The van der Waals surface area contributed by atoms with Gasteiger partial charge in [-0.2, -0.15) is 30.3 Å². The summed E-state index contributed by atoms with van der Waals surface area (Å²) in [5, 5.41) is 0. The molecule has 0 atom stereocenters. The maximum absolute atomic E-state index is 13.3. The van der Waals surface area contributed by atoms with Crippen molar-refractivity contribution >= 4 is 20.0 Å². The number of hydrogen-bond donors (Lipinski definition) is 0. The van der Waals surface area contributed by atoms with E-state index in [2.05, 4.69) is 6.07 Å². The molecule has 0 aliphatic carbocycles. The molecule has 0 amide bonds. The first kappa shape index (κ1) is 28.4. The minimum atomic E-state index is -4.54. The smallest absolute Gasteiger partial charge is 0.744 e. The van der Waals surface area contributed by atoms with Crippen LogP contribution < -0.4 is 138 Å². The third-order valence-electron chi connectivity index (χ3n) is 5.36. The molecule has 1 aliphatic rings. The van der Waals surface area contributed by atoms with Gasteiger partial charge in [-0.25, -0.2) is 16.8 Å². The third kappa shape index (κ3) is 5.58. The van der Waals surface area contributed by atoms with Crippen molar-refractivity contribution in [1.82, 2.24) is 0 Å². The molecule has 154 valence electrons. The summed E-state index contributed by atoms with van der Waals surface area (Å²) in [6.45, 7) is 0. The molecule has 0 saturated carbocycles. The molecule has 0 fully saturated rings. The zero-order chi connectivity index (χ0) is 21.8. The number of hydrogen-bond acceptors (Lipinski definition) is 5. The SMILES string of the molecule is O=S(=O)([O-])c1ccc(-c2ccc3c(c2)S(=O)(=O)c2cc(-c4cc[c-]cc4)ccc2-3)cc1.[Cs+].[Cs+]. The van der Waals surface area contributed by atoms with Gasteiger partial charge in [-0.3, -0.25) is 0 Å². The van der Waals surface area contributed by atoms with Gasteiger partial charge in [0.25, 0.3) is 0 Å². The van der Waals surface area contributed by atoms with E-state index in [-0.39, 0.29) is 152 Å². The molecule has 5 rings (SSSR count). The van der Waals surface area contributed by atoms with E-state index in [4.69, 9.17) is 0 Å². The second-order valence-corrected chi connectivity index (χ2v) is 10.5. The summed E-state index contributed by atoms with van der Waals surface area (Å²) in [6, 6.07) is 26.2. The van der Waals surface area contributed by atoms with Gasteiger partial charge < -0.3 is 4.55 Å². The van der Waals surface area contributed by atoms with Crippen molar-refractivity contribution < 1.29 is 159 Å².